The lowest BCUT2D eigenvalue weighted by Gasteiger charge is -2.22. The highest BCUT2D eigenvalue weighted by Crippen LogP contribution is 2.37. The Morgan fingerprint density at radius 1 is 0.589 bits per heavy atom. The van der Waals surface area contributed by atoms with E-state index in [1.807, 2.05) is 20.8 Å². The highest BCUT2D eigenvalue weighted by atomic mass is 32.1. The minimum Gasteiger partial charge on any atom is -0.460 e. The Morgan fingerprint density at radius 2 is 0.959 bits per heavy atom. The first-order valence-electron chi connectivity index (χ1n) is 22.8. The first-order valence-corrected chi connectivity index (χ1v) is 24.5. The molecule has 28 nitrogen and oxygen atoms in total. The van der Waals surface area contributed by atoms with Crippen LogP contribution in [0.3, 0.4) is 0 Å². The van der Waals surface area contributed by atoms with Gasteiger partial charge in [-0.3, -0.25) is 67.0 Å². The van der Waals surface area contributed by atoms with E-state index in [9.17, 15) is 53.1 Å². The fraction of sp³-hybridized carbons (Fsp3) is 0.628. The van der Waals surface area contributed by atoms with Gasteiger partial charge in [-0.1, -0.05) is 43.4 Å². The van der Waals surface area contributed by atoms with Crippen LogP contribution >= 0.6 is 22.7 Å². The first kappa shape index (κ1) is 57.3. The summed E-state index contributed by atoms with van der Waals surface area (Å²) in [6, 6.07) is 0. The SMILES string of the molecule is CC[C@H](OC(C)=O)[C@@H]1C[C@@H](O)[C@H](n2c(=O)sc3c(=O)[nH]c(N)nc32)O1.CC[C@H](OC(C)=O)[C@@H]1C[C@@H](OC(C)=O)C(OC(C)=O)O1.CC[C@H](OC(C)=O)[C@@H]1C[C@@H](OC(C)=O)[C@H](n2c(=O)sc3c(=O)[nH]c(N)nc32)O1. The van der Waals surface area contributed by atoms with Crippen molar-refractivity contribution in [3.8, 4) is 0 Å². The van der Waals surface area contributed by atoms with E-state index in [1.54, 1.807) is 0 Å². The zero-order valence-electron chi connectivity index (χ0n) is 41.1. The molecule has 3 fully saturated rings. The molecule has 7 N–H and O–H groups in total. The standard InChI is InChI=1S/C16H20N4O7S.C14H18N4O6S.C13H20O7/c1-4-8(25-6(2)21)9-5-10(26-7(3)22)14(27-9)20-12-11(28-16(20)24)13(23)19-15(17)18-12;1-3-7(23-5(2)19)8-4-6(20)12(24-8)18-10-9(25-14(18)22)11(21)17-13(15)16-10;1-5-10(17-7(2)14)11-6-12(18-8(3)15)13(20-11)19-9(4)16/h8-10,14H,4-5H2,1-3H3,(H3,17,18,19,23);6-8,12,20H,3-4H2,1-2H3,(H3,15,16,17,21);10-13H,5-6H2,1-4H3/t8-,9-,10+,14+;6-,7+,8+,12-;10-,11-,12+,13?/m010/s1. The van der Waals surface area contributed by atoms with E-state index in [-0.39, 0.29) is 45.4 Å². The average molecular weight is 1070 g/mol. The molecule has 30 heteroatoms. The first-order chi connectivity index (χ1) is 34.3. The molecular weight excluding hydrogens is 1010 g/mol. The van der Waals surface area contributed by atoms with Crippen LogP contribution in [0.4, 0.5) is 11.9 Å². The Bertz CT molecular complexity index is 2890. The molecule has 0 radical (unpaired) electrons. The second kappa shape index (κ2) is 24.9. The van der Waals surface area contributed by atoms with Crippen molar-refractivity contribution >= 4 is 91.1 Å². The van der Waals surface area contributed by atoms with Crippen LogP contribution in [-0.4, -0.2) is 131 Å². The molecule has 12 atom stereocenters. The van der Waals surface area contributed by atoms with E-state index in [1.165, 1.54) is 41.5 Å². The maximum Gasteiger partial charge on any atom is 0.311 e. The van der Waals surface area contributed by atoms with E-state index in [4.69, 9.17) is 54.1 Å². The molecule has 3 saturated heterocycles. The predicted molar refractivity (Wildman–Crippen MR) is 255 cm³/mol. The number of rotatable bonds is 14. The lowest BCUT2D eigenvalue weighted by molar-refractivity contribution is -0.201. The van der Waals surface area contributed by atoms with Gasteiger partial charge in [-0.15, -0.1) is 0 Å². The van der Waals surface area contributed by atoms with Gasteiger partial charge in [-0.05, 0) is 19.3 Å². The van der Waals surface area contributed by atoms with Crippen LogP contribution in [0.15, 0.2) is 19.2 Å². The molecular formula is C43H58N8O20S2. The van der Waals surface area contributed by atoms with Crippen LogP contribution < -0.4 is 32.3 Å². The van der Waals surface area contributed by atoms with Crippen molar-refractivity contribution in [1.29, 1.82) is 0 Å². The summed E-state index contributed by atoms with van der Waals surface area (Å²) in [5, 5.41) is 10.4. The summed E-state index contributed by atoms with van der Waals surface area (Å²) in [5.74, 6) is -3.22. The largest absolute Gasteiger partial charge is 0.460 e. The third-order valence-corrected chi connectivity index (χ3v) is 13.0. The van der Waals surface area contributed by atoms with Crippen LogP contribution in [0.5, 0.6) is 0 Å². The number of carbonyl (C=O) groups excluding carboxylic acids is 6. The summed E-state index contributed by atoms with van der Waals surface area (Å²) < 4.78 is 50.8. The molecule has 0 saturated carbocycles. The number of nitrogens with zero attached hydrogens (tertiary/aromatic N) is 4. The van der Waals surface area contributed by atoms with Gasteiger partial charge in [0.05, 0.1) is 6.10 Å². The second-order valence-corrected chi connectivity index (χ2v) is 18.6. The van der Waals surface area contributed by atoms with Crippen molar-refractivity contribution in [3.05, 3.63) is 40.0 Å². The molecule has 3 aliphatic heterocycles. The number of fused-ring (bicyclic) bond motifs is 2. The molecule has 0 aliphatic carbocycles. The number of aromatic nitrogens is 6. The Hall–Kier alpha value is -6.60. The molecule has 1 unspecified atom stereocenters. The van der Waals surface area contributed by atoms with E-state index < -0.39 is 130 Å². The summed E-state index contributed by atoms with van der Waals surface area (Å²) in [5.41, 5.74) is 10.2. The fourth-order valence-corrected chi connectivity index (χ4v) is 10.0. The summed E-state index contributed by atoms with van der Waals surface area (Å²) in [6.07, 6.45) is -6.62. The fourth-order valence-electron chi connectivity index (χ4n) is 8.33. The van der Waals surface area contributed by atoms with Gasteiger partial charge in [0.15, 0.2) is 29.9 Å². The smallest absolute Gasteiger partial charge is 0.311 e. The number of aliphatic hydroxyl groups is 1. The quantitative estimate of drug-likeness (QED) is 0.0866. The van der Waals surface area contributed by atoms with E-state index >= 15 is 0 Å². The zero-order chi connectivity index (χ0) is 54.2. The highest BCUT2D eigenvalue weighted by Gasteiger charge is 2.46. The van der Waals surface area contributed by atoms with Gasteiger partial charge in [0.25, 0.3) is 11.1 Å². The van der Waals surface area contributed by atoms with Crippen molar-refractivity contribution in [1.82, 2.24) is 29.1 Å². The monoisotopic (exact) mass is 1070 g/mol. The number of esters is 6. The maximum absolute atomic E-state index is 12.6. The molecule has 0 spiro atoms. The number of anilines is 2. The van der Waals surface area contributed by atoms with Crippen molar-refractivity contribution < 1.29 is 76.5 Å². The van der Waals surface area contributed by atoms with E-state index in [2.05, 4.69) is 19.9 Å². The van der Waals surface area contributed by atoms with Crippen LogP contribution in [0, 0.1) is 0 Å². The van der Waals surface area contributed by atoms with Crippen LogP contribution in [-0.2, 0) is 71.4 Å². The number of hydrogen-bond donors (Lipinski definition) is 5. The number of nitrogen functional groups attached to an aromatic ring is 2. The molecule has 0 bridgehead atoms. The second-order valence-electron chi connectivity index (χ2n) is 16.7. The van der Waals surface area contributed by atoms with Crippen LogP contribution in [0.25, 0.3) is 20.7 Å². The molecule has 7 rings (SSSR count). The lowest BCUT2D eigenvalue weighted by atomic mass is 10.1. The summed E-state index contributed by atoms with van der Waals surface area (Å²) in [4.78, 5) is 128. The number of thiazole rings is 2. The molecule has 7 heterocycles. The summed E-state index contributed by atoms with van der Waals surface area (Å²) >= 11 is 1.39. The highest BCUT2D eigenvalue weighted by molar-refractivity contribution is 7.16. The van der Waals surface area contributed by atoms with Gasteiger partial charge >= 0.3 is 45.6 Å². The predicted octanol–water partition coefficient (Wildman–Crippen LogP) is 0.946. The van der Waals surface area contributed by atoms with Gasteiger partial charge in [-0.2, -0.15) is 9.97 Å². The normalized spacial score (nSPS) is 24.5. The molecule has 73 heavy (non-hydrogen) atoms. The Labute approximate surface area is 421 Å². The third kappa shape index (κ3) is 14.3. The van der Waals surface area contributed by atoms with Gasteiger partial charge in [0.1, 0.15) is 52.1 Å². The number of aromatic amines is 2. The van der Waals surface area contributed by atoms with Crippen molar-refractivity contribution in [3.63, 3.8) is 0 Å². The molecule has 402 valence electrons. The minimum atomic E-state index is -1.04. The molecule has 0 aromatic carbocycles. The van der Waals surface area contributed by atoms with Gasteiger partial charge in [-0.25, -0.2) is 0 Å². The Morgan fingerprint density at radius 3 is 1.37 bits per heavy atom. The van der Waals surface area contributed by atoms with E-state index in [0.717, 1.165) is 9.13 Å². The average Bonchev–Trinajstić information content (AvgIpc) is 4.11. The maximum atomic E-state index is 12.6. The van der Waals surface area contributed by atoms with Crippen molar-refractivity contribution in [2.24, 2.45) is 0 Å². The molecule has 3 aliphatic rings. The molecule has 4 aromatic rings. The van der Waals surface area contributed by atoms with Crippen LogP contribution in [0.1, 0.15) is 113 Å². The topological polar surface area (TPSA) is 393 Å². The minimum absolute atomic E-state index is 0.0413. The summed E-state index contributed by atoms with van der Waals surface area (Å²) in [7, 11) is 0. The van der Waals surface area contributed by atoms with Crippen molar-refractivity contribution in [2.75, 3.05) is 11.5 Å². The number of nitrogens with one attached hydrogen (secondary N) is 2. The number of carbonyl (C=O) groups is 6. The number of ether oxygens (including phenoxy) is 9. The van der Waals surface area contributed by atoms with Crippen molar-refractivity contribution in [2.45, 2.75) is 175 Å². The third-order valence-electron chi connectivity index (χ3n) is 11.1. The molecule has 4 aromatic heterocycles. The van der Waals surface area contributed by atoms with E-state index in [0.29, 0.717) is 48.4 Å². The zero-order valence-corrected chi connectivity index (χ0v) is 42.8. The molecule has 0 amide bonds. The van der Waals surface area contributed by atoms with Gasteiger partial charge < -0.3 is 59.2 Å². The number of aliphatic hydroxyl groups excluding tert-OH is 1. The summed E-state index contributed by atoms with van der Waals surface area (Å²) in [6.45, 7) is 13.1. The number of H-pyrrole nitrogens is 2. The number of hydrogen-bond acceptors (Lipinski definition) is 26. The van der Waals surface area contributed by atoms with Gasteiger partial charge in [0.2, 0.25) is 18.2 Å². The number of nitrogens with two attached hydrogens (primary N) is 2. The van der Waals surface area contributed by atoms with Gasteiger partial charge in [0, 0.05) is 60.8 Å². The van der Waals surface area contributed by atoms with Crippen LogP contribution in [0.2, 0.25) is 0 Å². The Kier molecular flexibility index (Phi) is 19.5. The Balaban J connectivity index is 0.000000206. The lowest BCUT2D eigenvalue weighted by Crippen LogP contribution is -2.31.